The smallest absolute Gasteiger partial charge is 0.330 e. The van der Waals surface area contributed by atoms with Gasteiger partial charge in [0.2, 0.25) is 0 Å². The zero-order valence-electron chi connectivity index (χ0n) is 17.7. The third kappa shape index (κ3) is 5.27. The molecule has 8 nitrogen and oxygen atoms in total. The van der Waals surface area contributed by atoms with Crippen molar-refractivity contribution in [3.63, 3.8) is 0 Å². The molecular formula is C23H26N2O6. The van der Waals surface area contributed by atoms with Crippen LogP contribution in [0, 0.1) is 0 Å². The number of nitrogens with one attached hydrogen (secondary N) is 1. The van der Waals surface area contributed by atoms with Crippen molar-refractivity contribution in [3.8, 4) is 0 Å². The van der Waals surface area contributed by atoms with Gasteiger partial charge in [-0.2, -0.15) is 0 Å². The van der Waals surface area contributed by atoms with Crippen molar-refractivity contribution in [2.45, 2.75) is 58.0 Å². The highest BCUT2D eigenvalue weighted by Gasteiger charge is 2.37. The Balaban J connectivity index is 1.81. The van der Waals surface area contributed by atoms with Gasteiger partial charge >= 0.3 is 11.7 Å². The van der Waals surface area contributed by atoms with E-state index in [0.29, 0.717) is 12.0 Å². The molecule has 3 rings (SSSR count). The van der Waals surface area contributed by atoms with Crippen molar-refractivity contribution in [3.05, 3.63) is 80.6 Å². The molecule has 1 aliphatic heterocycles. The molecule has 0 radical (unpaired) electrons. The van der Waals surface area contributed by atoms with Crippen LogP contribution >= 0.6 is 0 Å². The van der Waals surface area contributed by atoms with Crippen molar-refractivity contribution >= 4 is 11.8 Å². The highest BCUT2D eigenvalue weighted by Crippen LogP contribution is 2.31. The number of ketones is 1. The van der Waals surface area contributed by atoms with Crippen LogP contribution in [0.2, 0.25) is 0 Å². The Morgan fingerprint density at radius 1 is 1.29 bits per heavy atom. The monoisotopic (exact) mass is 426 g/mol. The molecule has 0 spiro atoms. The van der Waals surface area contributed by atoms with Crippen molar-refractivity contribution in [2.24, 2.45) is 0 Å². The van der Waals surface area contributed by atoms with Crippen LogP contribution in [0.3, 0.4) is 0 Å². The molecule has 2 heterocycles. The van der Waals surface area contributed by atoms with E-state index in [4.69, 9.17) is 9.47 Å². The van der Waals surface area contributed by atoms with E-state index in [1.165, 1.54) is 23.8 Å². The van der Waals surface area contributed by atoms with E-state index in [0.717, 1.165) is 5.56 Å². The topological polar surface area (TPSA) is 107 Å². The van der Waals surface area contributed by atoms with Crippen molar-refractivity contribution in [1.82, 2.24) is 9.55 Å². The average Bonchev–Trinajstić information content (AvgIpc) is 3.13. The van der Waals surface area contributed by atoms with Crippen LogP contribution in [-0.4, -0.2) is 33.5 Å². The lowest BCUT2D eigenvalue weighted by Gasteiger charge is -2.15. The molecule has 1 aromatic carbocycles. The number of hydrogen-bond donors (Lipinski definition) is 1. The number of carbonyl (C=O) groups excluding carboxylic acids is 2. The zero-order valence-corrected chi connectivity index (χ0v) is 17.7. The number of carbonyl (C=O) groups is 2. The average molecular weight is 426 g/mol. The van der Waals surface area contributed by atoms with Crippen LogP contribution in [0.5, 0.6) is 0 Å². The van der Waals surface area contributed by atoms with Gasteiger partial charge in [0.25, 0.3) is 5.56 Å². The predicted molar refractivity (Wildman–Crippen MR) is 114 cm³/mol. The third-order valence-electron chi connectivity index (χ3n) is 5.34. The van der Waals surface area contributed by atoms with Gasteiger partial charge in [0.15, 0.2) is 5.78 Å². The van der Waals surface area contributed by atoms with Crippen LogP contribution in [0.25, 0.3) is 0 Å². The van der Waals surface area contributed by atoms with Gasteiger partial charge in [-0.25, -0.2) is 4.79 Å². The first kappa shape index (κ1) is 22.4. The molecule has 1 fully saturated rings. The second-order valence-corrected chi connectivity index (χ2v) is 7.51. The van der Waals surface area contributed by atoms with E-state index in [-0.39, 0.29) is 18.1 Å². The molecule has 1 aliphatic rings. The van der Waals surface area contributed by atoms with Gasteiger partial charge in [-0.1, -0.05) is 44.2 Å². The van der Waals surface area contributed by atoms with Crippen LogP contribution in [0.4, 0.5) is 0 Å². The highest BCUT2D eigenvalue weighted by molar-refractivity contribution is 5.95. The van der Waals surface area contributed by atoms with E-state index < -0.39 is 35.7 Å². The first-order chi connectivity index (χ1) is 14.8. The van der Waals surface area contributed by atoms with Crippen LogP contribution in [0.1, 0.15) is 50.5 Å². The van der Waals surface area contributed by atoms with Crippen molar-refractivity contribution < 1.29 is 19.1 Å². The number of nitrogens with zero attached hydrogens (tertiary/aromatic N) is 1. The molecule has 1 saturated heterocycles. The molecule has 0 aliphatic carbocycles. The minimum Gasteiger partial charge on any atom is -0.459 e. The lowest BCUT2D eigenvalue weighted by molar-refractivity contribution is -0.147. The summed E-state index contributed by atoms with van der Waals surface area (Å²) in [5.74, 6) is -0.940. The molecule has 2 aromatic rings. The third-order valence-corrected chi connectivity index (χ3v) is 5.34. The molecular weight excluding hydrogens is 400 g/mol. The molecule has 2 unspecified atom stereocenters. The molecule has 1 N–H and O–H groups in total. The van der Waals surface area contributed by atoms with E-state index in [1.54, 1.807) is 6.08 Å². The number of aryl methyl sites for hydroxylation is 1. The van der Waals surface area contributed by atoms with Gasteiger partial charge in [0.05, 0.1) is 0 Å². The Labute approximate surface area is 179 Å². The molecule has 31 heavy (non-hydrogen) atoms. The summed E-state index contributed by atoms with van der Waals surface area (Å²) in [6.45, 7) is 4.91. The summed E-state index contributed by atoms with van der Waals surface area (Å²) in [7, 11) is 0. The summed E-state index contributed by atoms with van der Waals surface area (Å²) in [6.07, 6.45) is 3.01. The molecule has 164 valence electrons. The lowest BCUT2D eigenvalue weighted by Crippen LogP contribution is -2.34. The summed E-state index contributed by atoms with van der Waals surface area (Å²) in [5, 5.41) is 0. The first-order valence-corrected chi connectivity index (χ1v) is 10.2. The van der Waals surface area contributed by atoms with Crippen LogP contribution in [0.15, 0.2) is 58.3 Å². The Morgan fingerprint density at radius 3 is 2.65 bits per heavy atom. The fourth-order valence-corrected chi connectivity index (χ4v) is 3.57. The fraction of sp³-hybridized carbons (Fsp3) is 0.391. The normalized spacial score (nSPS) is 21.8. The predicted octanol–water partition coefficient (Wildman–Crippen LogP) is 2.25. The number of H-pyrrole nitrogens is 1. The Bertz CT molecular complexity index is 1090. The summed E-state index contributed by atoms with van der Waals surface area (Å²) in [4.78, 5) is 50.6. The number of hydrogen-bond acceptors (Lipinski definition) is 6. The van der Waals surface area contributed by atoms with Gasteiger partial charge in [0.1, 0.15) is 18.4 Å². The quantitative estimate of drug-likeness (QED) is 0.537. The molecule has 1 aromatic heterocycles. The van der Waals surface area contributed by atoms with Crippen LogP contribution in [-0.2, 0) is 25.5 Å². The Hall–Kier alpha value is -3.26. The van der Waals surface area contributed by atoms with Crippen molar-refractivity contribution in [2.75, 3.05) is 0 Å². The molecule has 0 saturated carbocycles. The Kier molecular flexibility index (Phi) is 7.02. The molecule has 4 atom stereocenters. The summed E-state index contributed by atoms with van der Waals surface area (Å²) >= 11 is 0. The second-order valence-electron chi connectivity index (χ2n) is 7.51. The minimum absolute atomic E-state index is 0.116. The minimum atomic E-state index is -0.740. The SMILES string of the molecule is CCc1cn([C@@H]2CC(OC(C)=O)[C@H](/C=C/C(=O)C(C)c3ccccc3)O2)c(=O)[nH]c1=O. The maximum absolute atomic E-state index is 12.6. The zero-order chi connectivity index (χ0) is 22.5. The number of rotatable bonds is 7. The second kappa shape index (κ2) is 9.70. The number of ether oxygens (including phenoxy) is 2. The molecule has 0 bridgehead atoms. The van der Waals surface area contributed by atoms with Gasteiger partial charge in [-0.15, -0.1) is 0 Å². The number of aromatic nitrogens is 2. The summed E-state index contributed by atoms with van der Waals surface area (Å²) in [6, 6.07) is 9.39. The van der Waals surface area contributed by atoms with Gasteiger partial charge in [0, 0.05) is 31.0 Å². The molecule has 0 amide bonds. The van der Waals surface area contributed by atoms with Crippen LogP contribution < -0.4 is 11.2 Å². The largest absolute Gasteiger partial charge is 0.459 e. The molecule has 8 heteroatoms. The van der Waals surface area contributed by atoms with Crippen molar-refractivity contribution in [1.29, 1.82) is 0 Å². The van der Waals surface area contributed by atoms with Gasteiger partial charge < -0.3 is 9.47 Å². The number of benzene rings is 1. The number of allylic oxidation sites excluding steroid dienone is 1. The number of esters is 1. The van der Waals surface area contributed by atoms with E-state index in [2.05, 4.69) is 4.98 Å². The van der Waals surface area contributed by atoms with E-state index in [1.807, 2.05) is 44.2 Å². The lowest BCUT2D eigenvalue weighted by atomic mass is 9.96. The maximum atomic E-state index is 12.6. The van der Waals surface area contributed by atoms with Gasteiger partial charge in [-0.3, -0.25) is 23.9 Å². The summed E-state index contributed by atoms with van der Waals surface area (Å²) < 4.78 is 12.6. The highest BCUT2D eigenvalue weighted by atomic mass is 16.6. The summed E-state index contributed by atoms with van der Waals surface area (Å²) in [5.41, 5.74) is 0.297. The fourth-order valence-electron chi connectivity index (χ4n) is 3.57. The Morgan fingerprint density at radius 2 is 2.00 bits per heavy atom. The van der Waals surface area contributed by atoms with Gasteiger partial charge in [-0.05, 0) is 24.1 Å². The standard InChI is InChI=1S/C23H26N2O6/c1-4-16-13-25(23(29)24-22(16)28)21-12-20(30-15(3)26)19(31-21)11-10-18(27)14(2)17-8-6-5-7-9-17/h5-11,13-14,19-21H,4,12H2,1-3H3,(H,24,28,29)/b11-10+/t14?,19-,20?,21-/m0/s1. The maximum Gasteiger partial charge on any atom is 0.330 e. The van der Waals surface area contributed by atoms with E-state index >= 15 is 0 Å². The number of aromatic amines is 1. The first-order valence-electron chi connectivity index (χ1n) is 10.2. The van der Waals surface area contributed by atoms with E-state index in [9.17, 15) is 19.2 Å².